The fourth-order valence-corrected chi connectivity index (χ4v) is 2.95. The van der Waals surface area contributed by atoms with Crippen LogP contribution in [0.1, 0.15) is 9.67 Å². The van der Waals surface area contributed by atoms with Crippen molar-refractivity contribution >= 4 is 50.7 Å². The van der Waals surface area contributed by atoms with Crippen LogP contribution >= 0.6 is 27.3 Å². The van der Waals surface area contributed by atoms with Gasteiger partial charge in [0.1, 0.15) is 0 Å². The Morgan fingerprint density at radius 1 is 0.913 bits per heavy atom. The number of amides is 3. The second kappa shape index (κ2) is 8.44. The van der Waals surface area contributed by atoms with Crippen LogP contribution in [0.2, 0.25) is 0 Å². The number of carbonyl (C=O) groups excluding carboxylic acids is 3. The fourth-order valence-electron chi connectivity index (χ4n) is 1.65. The lowest BCUT2D eigenvalue weighted by molar-refractivity contribution is -0.123. The highest BCUT2D eigenvalue weighted by atomic mass is 79.9. The topological polar surface area (TPSA) is 87.3 Å². The lowest BCUT2D eigenvalue weighted by Gasteiger charge is -2.07. The van der Waals surface area contributed by atoms with Gasteiger partial charge in [-0.1, -0.05) is 18.2 Å². The summed E-state index contributed by atoms with van der Waals surface area (Å²) in [6, 6.07) is 12.4. The Kier molecular flexibility index (Phi) is 6.30. The van der Waals surface area contributed by atoms with Gasteiger partial charge in [0.05, 0.1) is 21.8 Å². The maximum Gasteiger partial charge on any atom is 0.261 e. The van der Waals surface area contributed by atoms with Crippen molar-refractivity contribution in [1.82, 2.24) is 10.6 Å². The van der Waals surface area contributed by atoms with E-state index in [1.54, 1.807) is 36.4 Å². The van der Waals surface area contributed by atoms with Crippen molar-refractivity contribution in [3.05, 3.63) is 51.1 Å². The number of halogens is 1. The van der Waals surface area contributed by atoms with E-state index in [9.17, 15) is 14.4 Å². The Bertz CT molecular complexity index is 703. The largest absolute Gasteiger partial charge is 0.345 e. The van der Waals surface area contributed by atoms with Crippen LogP contribution in [-0.2, 0) is 9.59 Å². The van der Waals surface area contributed by atoms with E-state index < -0.39 is 5.91 Å². The molecule has 23 heavy (non-hydrogen) atoms. The molecule has 3 N–H and O–H groups in total. The van der Waals surface area contributed by atoms with Crippen LogP contribution in [0, 0.1) is 0 Å². The number of rotatable bonds is 6. The average molecular weight is 396 g/mol. The van der Waals surface area contributed by atoms with Crippen molar-refractivity contribution in [3.8, 4) is 0 Å². The minimum absolute atomic E-state index is 0.159. The summed E-state index contributed by atoms with van der Waals surface area (Å²) in [6.07, 6.45) is 0. The van der Waals surface area contributed by atoms with Crippen LogP contribution < -0.4 is 16.0 Å². The highest BCUT2D eigenvalue weighted by Gasteiger charge is 2.11. The molecule has 0 radical (unpaired) electrons. The van der Waals surface area contributed by atoms with Gasteiger partial charge in [0.2, 0.25) is 11.8 Å². The van der Waals surface area contributed by atoms with E-state index in [1.807, 2.05) is 6.07 Å². The van der Waals surface area contributed by atoms with Gasteiger partial charge in [0, 0.05) is 5.69 Å². The zero-order chi connectivity index (χ0) is 16.7. The summed E-state index contributed by atoms with van der Waals surface area (Å²) >= 11 is 4.54. The first-order valence-corrected chi connectivity index (χ1v) is 8.30. The van der Waals surface area contributed by atoms with E-state index in [2.05, 4.69) is 31.9 Å². The lowest BCUT2D eigenvalue weighted by Crippen LogP contribution is -2.40. The third kappa shape index (κ3) is 5.84. The third-order valence-corrected chi connectivity index (χ3v) is 4.33. The number of nitrogens with one attached hydrogen (secondary N) is 3. The first-order chi connectivity index (χ1) is 11.0. The average Bonchev–Trinajstić information content (AvgIpc) is 2.98. The normalized spacial score (nSPS) is 9.96. The molecule has 0 unspecified atom stereocenters. The molecule has 0 fully saturated rings. The summed E-state index contributed by atoms with van der Waals surface area (Å²) in [4.78, 5) is 35.6. The number of anilines is 1. The van der Waals surface area contributed by atoms with Gasteiger partial charge in [-0.15, -0.1) is 11.3 Å². The van der Waals surface area contributed by atoms with Crippen LogP contribution in [0.5, 0.6) is 0 Å². The summed E-state index contributed by atoms with van der Waals surface area (Å²) in [5.41, 5.74) is 0.656. The van der Waals surface area contributed by atoms with Gasteiger partial charge in [0.25, 0.3) is 5.91 Å². The number of hydrogen-bond donors (Lipinski definition) is 3. The molecule has 2 rings (SSSR count). The minimum Gasteiger partial charge on any atom is -0.345 e. The number of para-hydroxylation sites is 1. The van der Waals surface area contributed by atoms with Crippen molar-refractivity contribution in [2.75, 3.05) is 18.4 Å². The van der Waals surface area contributed by atoms with Gasteiger partial charge in [-0.3, -0.25) is 14.4 Å². The molecule has 8 heteroatoms. The molecule has 0 atom stereocenters. The van der Waals surface area contributed by atoms with Crippen LogP contribution in [0.15, 0.2) is 46.3 Å². The molecule has 3 amide bonds. The van der Waals surface area contributed by atoms with Crippen LogP contribution in [0.3, 0.4) is 0 Å². The van der Waals surface area contributed by atoms with E-state index in [0.29, 0.717) is 10.6 Å². The van der Waals surface area contributed by atoms with Gasteiger partial charge in [0.15, 0.2) is 0 Å². The standard InChI is InChI=1S/C15H14BrN3O3S/c16-12-7-6-11(23-12)15(22)18-8-13(20)17-9-14(21)19-10-4-2-1-3-5-10/h1-7H,8-9H2,(H,17,20)(H,18,22)(H,19,21). The zero-order valence-electron chi connectivity index (χ0n) is 12.0. The second-order valence-electron chi connectivity index (χ2n) is 4.48. The first kappa shape index (κ1) is 17.2. The van der Waals surface area contributed by atoms with E-state index in [4.69, 9.17) is 0 Å². The number of thiophene rings is 1. The monoisotopic (exact) mass is 395 g/mol. The Morgan fingerprint density at radius 3 is 2.26 bits per heavy atom. The van der Waals surface area contributed by atoms with Crippen LogP contribution in [0.25, 0.3) is 0 Å². The predicted molar refractivity (Wildman–Crippen MR) is 92.4 cm³/mol. The summed E-state index contributed by atoms with van der Waals surface area (Å²) in [6.45, 7) is -0.346. The Hall–Kier alpha value is -2.19. The van der Waals surface area contributed by atoms with Crippen molar-refractivity contribution in [1.29, 1.82) is 0 Å². The summed E-state index contributed by atoms with van der Waals surface area (Å²) in [7, 11) is 0. The third-order valence-electron chi connectivity index (χ3n) is 2.71. The maximum atomic E-state index is 11.8. The second-order valence-corrected chi connectivity index (χ2v) is 6.94. The number of carbonyl (C=O) groups is 3. The van der Waals surface area contributed by atoms with Crippen molar-refractivity contribution in [3.63, 3.8) is 0 Å². The smallest absolute Gasteiger partial charge is 0.261 e. The Labute approximate surface area is 145 Å². The van der Waals surface area contributed by atoms with E-state index >= 15 is 0 Å². The molecule has 1 aromatic heterocycles. The molecule has 6 nitrogen and oxygen atoms in total. The molecule has 1 heterocycles. The number of benzene rings is 1. The number of hydrogen-bond acceptors (Lipinski definition) is 4. The van der Waals surface area contributed by atoms with Crippen molar-refractivity contribution in [2.45, 2.75) is 0 Å². The van der Waals surface area contributed by atoms with Crippen LogP contribution in [-0.4, -0.2) is 30.8 Å². The molecule has 0 saturated heterocycles. The van der Waals surface area contributed by atoms with Gasteiger partial charge < -0.3 is 16.0 Å². The molecule has 0 saturated carbocycles. The molecule has 0 aliphatic rings. The molecule has 0 aliphatic carbocycles. The maximum absolute atomic E-state index is 11.8. The molecule has 120 valence electrons. The molecule has 1 aromatic carbocycles. The Balaban J connectivity index is 1.68. The van der Waals surface area contributed by atoms with Crippen LogP contribution in [0.4, 0.5) is 5.69 Å². The van der Waals surface area contributed by atoms with E-state index in [1.165, 1.54) is 11.3 Å². The molecule has 2 aromatic rings. The SMILES string of the molecule is O=C(CNC(=O)c1ccc(Br)s1)NCC(=O)Nc1ccccc1. The molecule has 0 spiro atoms. The first-order valence-electron chi connectivity index (χ1n) is 6.70. The molecular weight excluding hydrogens is 382 g/mol. The molecule has 0 bridgehead atoms. The van der Waals surface area contributed by atoms with Gasteiger partial charge in [-0.2, -0.15) is 0 Å². The quantitative estimate of drug-likeness (QED) is 0.698. The molecular formula is C15H14BrN3O3S. The van der Waals surface area contributed by atoms with Crippen molar-refractivity contribution < 1.29 is 14.4 Å². The predicted octanol–water partition coefficient (Wildman–Crippen LogP) is 2.00. The van der Waals surface area contributed by atoms with E-state index in [0.717, 1.165) is 3.79 Å². The summed E-state index contributed by atoms with van der Waals surface area (Å²) < 4.78 is 0.838. The lowest BCUT2D eigenvalue weighted by atomic mass is 10.3. The highest BCUT2D eigenvalue weighted by Crippen LogP contribution is 2.21. The minimum atomic E-state index is -0.433. The summed E-state index contributed by atoms with van der Waals surface area (Å²) in [5.74, 6) is -1.10. The van der Waals surface area contributed by atoms with E-state index in [-0.39, 0.29) is 24.9 Å². The van der Waals surface area contributed by atoms with Crippen molar-refractivity contribution in [2.24, 2.45) is 0 Å². The van der Waals surface area contributed by atoms with Gasteiger partial charge in [-0.25, -0.2) is 0 Å². The summed E-state index contributed by atoms with van der Waals surface area (Å²) in [5, 5.41) is 7.58. The zero-order valence-corrected chi connectivity index (χ0v) is 14.4. The highest BCUT2D eigenvalue weighted by molar-refractivity contribution is 9.11. The van der Waals surface area contributed by atoms with Gasteiger partial charge in [-0.05, 0) is 40.2 Å². The Morgan fingerprint density at radius 2 is 1.61 bits per heavy atom. The molecule has 0 aliphatic heterocycles. The fraction of sp³-hybridized carbons (Fsp3) is 0.133. The van der Waals surface area contributed by atoms with Gasteiger partial charge >= 0.3 is 0 Å².